The predicted molar refractivity (Wildman–Crippen MR) is 92.0 cm³/mol. The van der Waals surface area contributed by atoms with Crippen molar-refractivity contribution in [3.8, 4) is 5.75 Å². The highest BCUT2D eigenvalue weighted by Crippen LogP contribution is 2.27. The van der Waals surface area contributed by atoms with E-state index >= 15 is 0 Å². The number of carbonyl (C=O) groups is 1. The summed E-state index contributed by atoms with van der Waals surface area (Å²) in [4.78, 5) is 12.2. The van der Waals surface area contributed by atoms with Gasteiger partial charge in [-0.2, -0.15) is 0 Å². The number of benzene rings is 2. The fourth-order valence-electron chi connectivity index (χ4n) is 2.19. The molecule has 0 aliphatic heterocycles. The Hall–Kier alpha value is -2.04. The lowest BCUT2D eigenvalue weighted by molar-refractivity contribution is -0.118. The zero-order valence-electron chi connectivity index (χ0n) is 13.2. The van der Waals surface area contributed by atoms with Gasteiger partial charge in [0.2, 0.25) is 5.91 Å². The maximum atomic E-state index is 12.2. The number of hydrogen-bond acceptors (Lipinski definition) is 3. The second-order valence-corrected chi connectivity index (χ2v) is 5.69. The summed E-state index contributed by atoms with van der Waals surface area (Å²) in [7, 11) is 0. The minimum absolute atomic E-state index is 0.0406. The molecule has 2 N–H and O–H groups in total. The number of nitrogens with one attached hydrogen (secondary N) is 1. The van der Waals surface area contributed by atoms with Crippen LogP contribution < -0.4 is 10.1 Å². The van der Waals surface area contributed by atoms with Crippen LogP contribution in [0.4, 0.5) is 5.69 Å². The first kappa shape index (κ1) is 17.3. The van der Waals surface area contributed by atoms with E-state index in [-0.39, 0.29) is 12.3 Å². The summed E-state index contributed by atoms with van der Waals surface area (Å²) in [6.07, 6.45) is -0.922. The average molecular weight is 334 g/mol. The molecule has 4 nitrogen and oxygen atoms in total. The Morgan fingerprint density at radius 3 is 2.61 bits per heavy atom. The van der Waals surface area contributed by atoms with Gasteiger partial charge in [-0.3, -0.25) is 4.79 Å². The first-order chi connectivity index (χ1) is 11.0. The number of aliphatic hydroxyl groups is 1. The molecule has 0 radical (unpaired) electrons. The summed E-state index contributed by atoms with van der Waals surface area (Å²) >= 11 is 5.81. The van der Waals surface area contributed by atoms with Gasteiger partial charge in [-0.25, -0.2) is 0 Å². The Morgan fingerprint density at radius 2 is 1.96 bits per heavy atom. The normalized spacial score (nSPS) is 11.8. The molecule has 0 saturated heterocycles. The van der Waals surface area contributed by atoms with Crippen molar-refractivity contribution in [2.75, 3.05) is 11.9 Å². The van der Waals surface area contributed by atoms with Crippen molar-refractivity contribution in [2.45, 2.75) is 26.4 Å². The smallest absolute Gasteiger partial charge is 0.227 e. The van der Waals surface area contributed by atoms with Crippen molar-refractivity contribution < 1.29 is 14.6 Å². The molecule has 5 heteroatoms. The van der Waals surface area contributed by atoms with Crippen LogP contribution in [0.3, 0.4) is 0 Å². The van der Waals surface area contributed by atoms with Crippen LogP contribution in [0.25, 0.3) is 0 Å². The Labute approximate surface area is 141 Å². The maximum Gasteiger partial charge on any atom is 0.227 e. The van der Waals surface area contributed by atoms with E-state index in [9.17, 15) is 9.90 Å². The van der Waals surface area contributed by atoms with Crippen molar-refractivity contribution in [3.05, 3.63) is 58.6 Å². The number of rotatable bonds is 6. The topological polar surface area (TPSA) is 58.6 Å². The molecule has 2 aromatic rings. The lowest BCUT2D eigenvalue weighted by atomic mass is 10.1. The maximum absolute atomic E-state index is 12.2. The van der Waals surface area contributed by atoms with E-state index in [0.29, 0.717) is 28.6 Å². The molecular formula is C18H20ClNO3. The minimum Gasteiger partial charge on any atom is -0.492 e. The zero-order chi connectivity index (χ0) is 16.8. The molecule has 0 spiro atoms. The Morgan fingerprint density at radius 1 is 1.26 bits per heavy atom. The molecule has 122 valence electrons. The third kappa shape index (κ3) is 4.98. The number of carbonyl (C=O) groups excluding carboxylic acids is 1. The molecule has 1 amide bonds. The number of anilines is 1. The van der Waals surface area contributed by atoms with Gasteiger partial charge in [0.15, 0.2) is 0 Å². The fourth-order valence-corrected chi connectivity index (χ4v) is 2.31. The van der Waals surface area contributed by atoms with Gasteiger partial charge in [-0.05, 0) is 49.2 Å². The molecule has 2 rings (SSSR count). The van der Waals surface area contributed by atoms with Crippen molar-refractivity contribution in [1.82, 2.24) is 0 Å². The van der Waals surface area contributed by atoms with Gasteiger partial charge < -0.3 is 15.2 Å². The number of ether oxygens (including phenoxy) is 1. The summed E-state index contributed by atoms with van der Waals surface area (Å²) < 4.78 is 5.53. The van der Waals surface area contributed by atoms with E-state index < -0.39 is 6.10 Å². The lowest BCUT2D eigenvalue weighted by Crippen LogP contribution is -2.16. The summed E-state index contributed by atoms with van der Waals surface area (Å²) in [6.45, 7) is 4.36. The summed E-state index contributed by atoms with van der Waals surface area (Å²) in [5.74, 6) is 0.346. The number of halogens is 1. The number of hydrogen-bond donors (Lipinski definition) is 2. The summed E-state index contributed by atoms with van der Waals surface area (Å²) in [5.41, 5.74) is 2.30. The van der Waals surface area contributed by atoms with E-state index in [1.807, 2.05) is 26.0 Å². The van der Waals surface area contributed by atoms with E-state index in [0.717, 1.165) is 5.56 Å². The van der Waals surface area contributed by atoms with Crippen LogP contribution in [0.15, 0.2) is 42.5 Å². The second-order valence-electron chi connectivity index (χ2n) is 5.25. The van der Waals surface area contributed by atoms with Gasteiger partial charge >= 0.3 is 0 Å². The minimum atomic E-state index is -0.881. The molecule has 0 saturated carbocycles. The van der Waals surface area contributed by atoms with E-state index in [2.05, 4.69) is 5.32 Å². The Kier molecular flexibility index (Phi) is 6.02. The Balaban J connectivity index is 2.03. The molecule has 1 atom stereocenters. The van der Waals surface area contributed by atoms with E-state index in [1.165, 1.54) is 0 Å². The van der Waals surface area contributed by atoms with Crippen molar-refractivity contribution >= 4 is 23.2 Å². The number of amides is 1. The van der Waals surface area contributed by atoms with Crippen LogP contribution in [-0.2, 0) is 4.79 Å². The molecule has 0 heterocycles. The molecule has 2 aromatic carbocycles. The monoisotopic (exact) mass is 333 g/mol. The standard InChI is InChI=1S/C18H20ClNO3/c1-3-23-17-10-12(2)4-9-15(17)20-18(22)11-16(21)13-5-7-14(19)8-6-13/h4-10,16,21H,3,11H2,1-2H3,(H,20,22). The first-order valence-corrected chi connectivity index (χ1v) is 7.84. The first-order valence-electron chi connectivity index (χ1n) is 7.46. The van der Waals surface area contributed by atoms with Crippen LogP contribution in [0.5, 0.6) is 5.75 Å². The number of aliphatic hydroxyl groups excluding tert-OH is 1. The summed E-state index contributed by atoms with van der Waals surface area (Å²) in [6, 6.07) is 12.3. The summed E-state index contributed by atoms with van der Waals surface area (Å²) in [5, 5.41) is 13.5. The van der Waals surface area contributed by atoms with Crippen LogP contribution in [0.2, 0.25) is 5.02 Å². The third-order valence-electron chi connectivity index (χ3n) is 3.34. The molecule has 0 fully saturated rings. The van der Waals surface area contributed by atoms with Crippen LogP contribution in [-0.4, -0.2) is 17.6 Å². The average Bonchev–Trinajstić information content (AvgIpc) is 2.51. The van der Waals surface area contributed by atoms with Gasteiger partial charge in [-0.15, -0.1) is 0 Å². The van der Waals surface area contributed by atoms with Gasteiger partial charge in [0.1, 0.15) is 5.75 Å². The second kappa shape index (κ2) is 7.99. The highest BCUT2D eigenvalue weighted by Gasteiger charge is 2.15. The molecule has 0 aromatic heterocycles. The van der Waals surface area contributed by atoms with Gasteiger partial charge in [0.25, 0.3) is 0 Å². The van der Waals surface area contributed by atoms with Crippen LogP contribution in [0, 0.1) is 6.92 Å². The van der Waals surface area contributed by atoms with Crippen molar-refractivity contribution in [2.24, 2.45) is 0 Å². The van der Waals surface area contributed by atoms with Crippen LogP contribution >= 0.6 is 11.6 Å². The molecule has 0 aliphatic rings. The largest absolute Gasteiger partial charge is 0.492 e. The quantitative estimate of drug-likeness (QED) is 0.836. The third-order valence-corrected chi connectivity index (χ3v) is 3.60. The zero-order valence-corrected chi connectivity index (χ0v) is 13.9. The molecular weight excluding hydrogens is 314 g/mol. The van der Waals surface area contributed by atoms with Gasteiger partial charge in [0, 0.05) is 5.02 Å². The molecule has 1 unspecified atom stereocenters. The number of aryl methyl sites for hydroxylation is 1. The van der Waals surface area contributed by atoms with Crippen molar-refractivity contribution in [3.63, 3.8) is 0 Å². The molecule has 0 aliphatic carbocycles. The molecule has 23 heavy (non-hydrogen) atoms. The lowest BCUT2D eigenvalue weighted by Gasteiger charge is -2.14. The van der Waals surface area contributed by atoms with Crippen molar-refractivity contribution in [1.29, 1.82) is 0 Å². The highest BCUT2D eigenvalue weighted by molar-refractivity contribution is 6.30. The SMILES string of the molecule is CCOc1cc(C)ccc1NC(=O)CC(O)c1ccc(Cl)cc1. The van der Waals surface area contributed by atoms with Crippen LogP contribution in [0.1, 0.15) is 30.6 Å². The fraction of sp³-hybridized carbons (Fsp3) is 0.278. The van der Waals surface area contributed by atoms with Gasteiger partial charge in [0.05, 0.1) is 24.8 Å². The highest BCUT2D eigenvalue weighted by atomic mass is 35.5. The van der Waals surface area contributed by atoms with Gasteiger partial charge in [-0.1, -0.05) is 29.8 Å². The van der Waals surface area contributed by atoms with E-state index in [4.69, 9.17) is 16.3 Å². The Bertz CT molecular complexity index is 670. The van der Waals surface area contributed by atoms with E-state index in [1.54, 1.807) is 30.3 Å². The molecule has 0 bridgehead atoms. The predicted octanol–water partition coefficient (Wildman–Crippen LogP) is 4.11.